The second kappa shape index (κ2) is 6.80. The van der Waals surface area contributed by atoms with Crippen molar-refractivity contribution in [2.24, 2.45) is 5.92 Å². The minimum Gasteiger partial charge on any atom is -0.465 e. The van der Waals surface area contributed by atoms with Gasteiger partial charge < -0.3 is 9.32 Å². The van der Waals surface area contributed by atoms with E-state index in [0.29, 0.717) is 12.2 Å². The lowest BCUT2D eigenvalue weighted by Gasteiger charge is -2.32. The molecule has 2 heterocycles. The summed E-state index contributed by atoms with van der Waals surface area (Å²) in [6, 6.07) is 8.65. The molecule has 2 aromatic rings. The number of nitrogens with zero attached hydrogens (tertiary/aromatic N) is 1. The number of aryl methyl sites for hydroxylation is 1. The van der Waals surface area contributed by atoms with Crippen LogP contribution in [0.3, 0.4) is 0 Å². The lowest BCUT2D eigenvalue weighted by Crippen LogP contribution is -2.42. The molecule has 4 rings (SSSR count). The van der Waals surface area contributed by atoms with Crippen molar-refractivity contribution in [2.75, 3.05) is 4.90 Å². The number of benzene rings is 1. The zero-order valence-corrected chi connectivity index (χ0v) is 16.4. The van der Waals surface area contributed by atoms with Crippen molar-refractivity contribution in [3.05, 3.63) is 47.4 Å². The Labute approximate surface area is 159 Å². The molecule has 1 atom stereocenters. The summed E-state index contributed by atoms with van der Waals surface area (Å²) in [6.07, 6.45) is 3.71. The van der Waals surface area contributed by atoms with E-state index >= 15 is 0 Å². The second-order valence-electron chi connectivity index (χ2n) is 7.52. The van der Waals surface area contributed by atoms with Gasteiger partial charge in [-0.05, 0) is 69.0 Å². The van der Waals surface area contributed by atoms with Crippen LogP contribution >= 0.6 is 0 Å². The Morgan fingerprint density at radius 3 is 2.67 bits per heavy atom. The largest absolute Gasteiger partial charge is 0.465 e. The summed E-state index contributed by atoms with van der Waals surface area (Å²) in [6.45, 7) is 3.94. The minimum atomic E-state index is -3.65. The van der Waals surface area contributed by atoms with E-state index in [1.54, 1.807) is 30.3 Å². The molecule has 0 bridgehead atoms. The number of sulfonamides is 1. The van der Waals surface area contributed by atoms with Gasteiger partial charge in [-0.25, -0.2) is 13.1 Å². The number of fused-ring (bicyclic) bond motifs is 1. The molecule has 0 saturated heterocycles. The lowest BCUT2D eigenvalue weighted by atomic mass is 9.84. The van der Waals surface area contributed by atoms with Crippen LogP contribution in [0, 0.1) is 12.8 Å². The highest BCUT2D eigenvalue weighted by molar-refractivity contribution is 7.89. The average molecular weight is 388 g/mol. The van der Waals surface area contributed by atoms with Gasteiger partial charge in [0.15, 0.2) is 0 Å². The number of rotatable bonds is 5. The number of nitrogens with one attached hydrogen (secondary N) is 1. The Morgan fingerprint density at radius 2 is 2.04 bits per heavy atom. The standard InChI is InChI=1S/C20H24N2O4S/c1-13-10-16-11-18(27(24,25)21-12-17-7-6-14(2)26-17)8-9-19(16)22(13)20(23)15-4-3-5-15/h6-9,11,13,15,21H,3-5,10,12H2,1-2H3/t13-/m1/s1. The predicted molar refractivity (Wildman–Crippen MR) is 102 cm³/mol. The Hall–Kier alpha value is -2.12. The van der Waals surface area contributed by atoms with E-state index in [0.717, 1.165) is 36.3 Å². The van der Waals surface area contributed by atoms with E-state index < -0.39 is 10.0 Å². The number of anilines is 1. The van der Waals surface area contributed by atoms with Crippen LogP contribution in [0.4, 0.5) is 5.69 Å². The third-order valence-corrected chi connectivity index (χ3v) is 6.90. The first-order valence-electron chi connectivity index (χ1n) is 9.36. The second-order valence-corrected chi connectivity index (χ2v) is 9.28. The van der Waals surface area contributed by atoms with Gasteiger partial charge in [0.1, 0.15) is 11.5 Å². The van der Waals surface area contributed by atoms with Crippen LogP contribution in [0.5, 0.6) is 0 Å². The Bertz CT molecular complexity index is 976. The molecule has 1 aromatic heterocycles. The molecule has 1 aliphatic heterocycles. The molecule has 0 spiro atoms. The summed E-state index contributed by atoms with van der Waals surface area (Å²) >= 11 is 0. The highest BCUT2D eigenvalue weighted by Crippen LogP contribution is 2.38. The van der Waals surface area contributed by atoms with Gasteiger partial charge in [0.25, 0.3) is 0 Å². The number of hydrogen-bond donors (Lipinski definition) is 1. The molecule has 6 nitrogen and oxygen atoms in total. The predicted octanol–water partition coefficient (Wildman–Crippen LogP) is 3.14. The Morgan fingerprint density at radius 1 is 1.26 bits per heavy atom. The van der Waals surface area contributed by atoms with Crippen molar-refractivity contribution in [1.82, 2.24) is 4.72 Å². The summed E-state index contributed by atoms with van der Waals surface area (Å²) in [5.41, 5.74) is 1.76. The van der Waals surface area contributed by atoms with Crippen molar-refractivity contribution in [3.8, 4) is 0 Å². The quantitative estimate of drug-likeness (QED) is 0.853. The van der Waals surface area contributed by atoms with Crippen molar-refractivity contribution >= 4 is 21.6 Å². The van der Waals surface area contributed by atoms with E-state index in [-0.39, 0.29) is 29.3 Å². The van der Waals surface area contributed by atoms with E-state index in [1.807, 2.05) is 18.7 Å². The number of furan rings is 1. The molecule has 1 fully saturated rings. The summed E-state index contributed by atoms with van der Waals surface area (Å²) in [7, 11) is -3.65. The molecule has 1 amide bonds. The highest BCUT2D eigenvalue weighted by atomic mass is 32.2. The summed E-state index contributed by atoms with van der Waals surface area (Å²) in [4.78, 5) is 14.8. The van der Waals surface area contributed by atoms with Gasteiger partial charge in [0.2, 0.25) is 15.9 Å². The third kappa shape index (κ3) is 3.41. The smallest absolute Gasteiger partial charge is 0.240 e. The maximum atomic E-state index is 12.7. The fourth-order valence-electron chi connectivity index (χ4n) is 3.79. The van der Waals surface area contributed by atoms with Crippen LogP contribution in [0.25, 0.3) is 0 Å². The van der Waals surface area contributed by atoms with Gasteiger partial charge in [0.05, 0.1) is 11.4 Å². The van der Waals surface area contributed by atoms with Crippen LogP contribution in [-0.2, 0) is 27.8 Å². The fourth-order valence-corrected chi connectivity index (χ4v) is 4.84. The monoisotopic (exact) mass is 388 g/mol. The summed E-state index contributed by atoms with van der Waals surface area (Å²) in [5.74, 6) is 1.62. The van der Waals surface area contributed by atoms with Crippen molar-refractivity contribution in [1.29, 1.82) is 0 Å². The zero-order valence-electron chi connectivity index (χ0n) is 15.6. The summed E-state index contributed by atoms with van der Waals surface area (Å²) < 4.78 is 33.3. The van der Waals surface area contributed by atoms with Gasteiger partial charge in [-0.3, -0.25) is 4.79 Å². The molecular formula is C20H24N2O4S. The number of carbonyl (C=O) groups is 1. The molecule has 0 unspecified atom stereocenters. The normalized spacial score (nSPS) is 19.8. The van der Waals surface area contributed by atoms with E-state index in [2.05, 4.69) is 4.72 Å². The number of amides is 1. The van der Waals surface area contributed by atoms with Gasteiger partial charge in [0, 0.05) is 17.6 Å². The first-order chi connectivity index (χ1) is 12.8. The van der Waals surface area contributed by atoms with Gasteiger partial charge in [-0.1, -0.05) is 6.42 Å². The summed E-state index contributed by atoms with van der Waals surface area (Å²) in [5, 5.41) is 0. The fraction of sp³-hybridized carbons (Fsp3) is 0.450. The number of carbonyl (C=O) groups excluding carboxylic acids is 1. The SMILES string of the molecule is Cc1ccc(CNS(=O)(=O)c2ccc3c(c2)C[C@@H](C)N3C(=O)C2CCC2)o1. The number of hydrogen-bond acceptors (Lipinski definition) is 4. The topological polar surface area (TPSA) is 79.6 Å². The van der Waals surface area contributed by atoms with Crippen molar-refractivity contribution in [3.63, 3.8) is 0 Å². The average Bonchev–Trinajstić information content (AvgIpc) is 3.12. The maximum absolute atomic E-state index is 12.7. The van der Waals surface area contributed by atoms with Gasteiger partial charge in [-0.2, -0.15) is 0 Å². The Kier molecular flexibility index (Phi) is 4.60. The third-order valence-electron chi connectivity index (χ3n) is 5.50. The minimum absolute atomic E-state index is 0.0603. The Balaban J connectivity index is 1.54. The molecule has 1 aromatic carbocycles. The lowest BCUT2D eigenvalue weighted by molar-refractivity contribution is -0.125. The van der Waals surface area contributed by atoms with E-state index in [9.17, 15) is 13.2 Å². The van der Waals surface area contributed by atoms with Gasteiger partial charge >= 0.3 is 0 Å². The first kappa shape index (κ1) is 18.3. The van der Waals surface area contributed by atoms with Crippen molar-refractivity contribution < 1.29 is 17.6 Å². The molecule has 2 aliphatic rings. The first-order valence-corrected chi connectivity index (χ1v) is 10.8. The molecule has 144 valence electrons. The van der Waals surface area contributed by atoms with Crippen LogP contribution < -0.4 is 9.62 Å². The molecule has 27 heavy (non-hydrogen) atoms. The van der Waals surface area contributed by atoms with Gasteiger partial charge in [-0.15, -0.1) is 0 Å². The molecule has 0 radical (unpaired) electrons. The maximum Gasteiger partial charge on any atom is 0.240 e. The van der Waals surface area contributed by atoms with Crippen LogP contribution in [0.1, 0.15) is 43.3 Å². The molecule has 7 heteroatoms. The molecule has 1 N–H and O–H groups in total. The van der Waals surface area contributed by atoms with Crippen molar-refractivity contribution in [2.45, 2.75) is 57.0 Å². The van der Waals surface area contributed by atoms with Crippen LogP contribution in [0.15, 0.2) is 39.6 Å². The zero-order chi connectivity index (χ0) is 19.2. The van der Waals surface area contributed by atoms with Crippen LogP contribution in [-0.4, -0.2) is 20.4 Å². The molecule has 1 saturated carbocycles. The highest BCUT2D eigenvalue weighted by Gasteiger charge is 2.37. The molecule has 1 aliphatic carbocycles. The van der Waals surface area contributed by atoms with Crippen LogP contribution in [0.2, 0.25) is 0 Å². The van der Waals surface area contributed by atoms with E-state index in [1.165, 1.54) is 0 Å². The molecular weight excluding hydrogens is 364 g/mol. The van der Waals surface area contributed by atoms with E-state index in [4.69, 9.17) is 4.42 Å².